The van der Waals surface area contributed by atoms with Crippen molar-refractivity contribution >= 4 is 0 Å². The van der Waals surface area contributed by atoms with Crippen molar-refractivity contribution in [3.8, 4) is 0 Å². The number of hydrogen-bond acceptors (Lipinski definition) is 3. The molecule has 3 heterocycles. The van der Waals surface area contributed by atoms with Crippen molar-refractivity contribution in [1.82, 2.24) is 14.7 Å². The third-order valence-corrected chi connectivity index (χ3v) is 4.72. The van der Waals surface area contributed by atoms with Crippen molar-refractivity contribution in [3.63, 3.8) is 0 Å². The molecule has 0 radical (unpaired) electrons. The first-order valence-corrected chi connectivity index (χ1v) is 6.77. The van der Waals surface area contributed by atoms with Crippen LogP contribution in [0.15, 0.2) is 0 Å². The largest absolute Gasteiger partial charge is 0.306 e. The number of nitrogens with zero attached hydrogens (tertiary/aromatic N) is 3. The molecule has 1 spiro atoms. The van der Waals surface area contributed by atoms with Crippen LogP contribution in [0.25, 0.3) is 0 Å². The van der Waals surface area contributed by atoms with E-state index in [1.54, 1.807) is 0 Å². The van der Waals surface area contributed by atoms with Gasteiger partial charge in [0.25, 0.3) is 0 Å². The molecule has 0 saturated carbocycles. The zero-order valence-corrected chi connectivity index (χ0v) is 11.1. The predicted molar refractivity (Wildman–Crippen MR) is 66.9 cm³/mol. The SMILES string of the molecule is CN1CCC(F)(CN2CC3(CN(C)C3)C2)CC1. The average Bonchev–Trinajstić information content (AvgIpc) is 2.18. The summed E-state index contributed by atoms with van der Waals surface area (Å²) in [6.45, 7) is 7.18. The van der Waals surface area contributed by atoms with Crippen molar-refractivity contribution in [3.05, 3.63) is 0 Å². The predicted octanol–water partition coefficient (Wildman–Crippen LogP) is 0.668. The summed E-state index contributed by atoms with van der Waals surface area (Å²) in [4.78, 5) is 6.92. The van der Waals surface area contributed by atoms with E-state index in [0.29, 0.717) is 24.8 Å². The smallest absolute Gasteiger partial charge is 0.126 e. The fraction of sp³-hybridized carbons (Fsp3) is 1.00. The molecule has 0 aromatic heterocycles. The Bertz CT molecular complexity index is 285. The van der Waals surface area contributed by atoms with Crippen LogP contribution in [0.3, 0.4) is 0 Å². The van der Waals surface area contributed by atoms with Crippen molar-refractivity contribution in [2.24, 2.45) is 5.41 Å². The first-order valence-electron chi connectivity index (χ1n) is 6.77. The van der Waals surface area contributed by atoms with E-state index in [0.717, 1.165) is 26.2 Å². The Morgan fingerprint density at radius 1 is 0.941 bits per heavy atom. The van der Waals surface area contributed by atoms with E-state index in [4.69, 9.17) is 0 Å². The van der Waals surface area contributed by atoms with E-state index >= 15 is 0 Å². The molecule has 3 rings (SSSR count). The van der Waals surface area contributed by atoms with Crippen LogP contribution < -0.4 is 0 Å². The van der Waals surface area contributed by atoms with Gasteiger partial charge in [-0.3, -0.25) is 4.90 Å². The van der Waals surface area contributed by atoms with Crippen LogP contribution in [0.2, 0.25) is 0 Å². The lowest BCUT2D eigenvalue weighted by Crippen LogP contribution is -2.72. The molecule has 0 unspecified atom stereocenters. The zero-order valence-electron chi connectivity index (χ0n) is 11.1. The van der Waals surface area contributed by atoms with Crippen molar-refractivity contribution < 1.29 is 4.39 Å². The summed E-state index contributed by atoms with van der Waals surface area (Å²) in [5.74, 6) is 0. The molecule has 3 aliphatic rings. The quantitative estimate of drug-likeness (QED) is 0.703. The maximum atomic E-state index is 14.6. The highest BCUT2D eigenvalue weighted by molar-refractivity contribution is 5.06. The molecule has 0 aromatic carbocycles. The van der Waals surface area contributed by atoms with Crippen molar-refractivity contribution in [1.29, 1.82) is 0 Å². The van der Waals surface area contributed by atoms with Gasteiger partial charge in [-0.2, -0.15) is 0 Å². The molecule has 0 aliphatic carbocycles. The fourth-order valence-electron chi connectivity index (χ4n) is 3.89. The molecule has 98 valence electrons. The van der Waals surface area contributed by atoms with Gasteiger partial charge in [-0.1, -0.05) is 0 Å². The summed E-state index contributed by atoms with van der Waals surface area (Å²) in [7, 11) is 4.25. The van der Waals surface area contributed by atoms with Crippen molar-refractivity contribution in [2.45, 2.75) is 18.5 Å². The zero-order chi connectivity index (χ0) is 12.1. The summed E-state index contributed by atoms with van der Waals surface area (Å²) in [6, 6.07) is 0. The molecule has 3 nitrogen and oxygen atoms in total. The Morgan fingerprint density at radius 2 is 1.53 bits per heavy atom. The van der Waals surface area contributed by atoms with E-state index in [-0.39, 0.29) is 0 Å². The maximum absolute atomic E-state index is 14.6. The highest BCUT2D eigenvalue weighted by Crippen LogP contribution is 2.40. The highest BCUT2D eigenvalue weighted by atomic mass is 19.1. The molecule has 3 fully saturated rings. The Kier molecular flexibility index (Phi) is 2.73. The van der Waals surface area contributed by atoms with Gasteiger partial charge in [0.15, 0.2) is 0 Å². The molecule has 3 aliphatic heterocycles. The minimum absolute atomic E-state index is 0.538. The second kappa shape index (κ2) is 3.90. The number of hydrogen-bond donors (Lipinski definition) is 0. The van der Waals surface area contributed by atoms with E-state index in [2.05, 4.69) is 28.8 Å². The molecule has 0 N–H and O–H groups in total. The van der Waals surface area contributed by atoms with Crippen LogP contribution >= 0.6 is 0 Å². The van der Waals surface area contributed by atoms with Crippen LogP contribution in [-0.4, -0.2) is 80.3 Å². The lowest BCUT2D eigenvalue weighted by atomic mass is 9.72. The van der Waals surface area contributed by atoms with Crippen molar-refractivity contribution in [2.75, 3.05) is 59.9 Å². The second-order valence-corrected chi connectivity index (χ2v) is 6.77. The number of alkyl halides is 1. The third-order valence-electron chi connectivity index (χ3n) is 4.72. The van der Waals surface area contributed by atoms with Crippen LogP contribution in [0.4, 0.5) is 4.39 Å². The number of likely N-dealkylation sites (tertiary alicyclic amines) is 3. The van der Waals surface area contributed by atoms with E-state index in [1.165, 1.54) is 13.1 Å². The molecule has 0 bridgehead atoms. The van der Waals surface area contributed by atoms with Gasteiger partial charge in [-0.15, -0.1) is 0 Å². The number of rotatable bonds is 2. The maximum Gasteiger partial charge on any atom is 0.126 e. The molecular weight excluding hydrogens is 217 g/mol. The Balaban J connectivity index is 1.46. The summed E-state index contributed by atoms with van der Waals surface area (Å²) in [5, 5.41) is 0. The number of piperidine rings is 1. The number of halogens is 1. The molecule has 0 aromatic rings. The minimum Gasteiger partial charge on any atom is -0.306 e. The van der Waals surface area contributed by atoms with Gasteiger partial charge in [0, 0.05) is 51.2 Å². The van der Waals surface area contributed by atoms with Crippen LogP contribution in [0.5, 0.6) is 0 Å². The topological polar surface area (TPSA) is 9.72 Å². The van der Waals surface area contributed by atoms with Crippen LogP contribution in [-0.2, 0) is 0 Å². The van der Waals surface area contributed by atoms with Gasteiger partial charge in [-0.05, 0) is 26.9 Å². The second-order valence-electron chi connectivity index (χ2n) is 6.77. The summed E-state index contributed by atoms with van der Waals surface area (Å²) in [6.07, 6.45) is 1.43. The van der Waals surface area contributed by atoms with E-state index < -0.39 is 5.67 Å². The van der Waals surface area contributed by atoms with Gasteiger partial charge in [0.2, 0.25) is 0 Å². The highest BCUT2D eigenvalue weighted by Gasteiger charge is 2.51. The Labute approximate surface area is 104 Å². The molecular formula is C13H24FN3. The first-order chi connectivity index (χ1) is 7.99. The molecule has 0 atom stereocenters. The van der Waals surface area contributed by atoms with Crippen LogP contribution in [0, 0.1) is 5.41 Å². The molecule has 0 amide bonds. The lowest BCUT2D eigenvalue weighted by molar-refractivity contribution is -0.123. The van der Waals surface area contributed by atoms with E-state index in [9.17, 15) is 4.39 Å². The molecule has 17 heavy (non-hydrogen) atoms. The van der Waals surface area contributed by atoms with Gasteiger partial charge >= 0.3 is 0 Å². The normalized spacial score (nSPS) is 33.4. The van der Waals surface area contributed by atoms with Gasteiger partial charge in [-0.25, -0.2) is 4.39 Å². The molecule has 4 heteroatoms. The summed E-state index contributed by atoms with van der Waals surface area (Å²) in [5.41, 5.74) is -0.375. The fourth-order valence-corrected chi connectivity index (χ4v) is 3.89. The molecule has 3 saturated heterocycles. The lowest BCUT2D eigenvalue weighted by Gasteiger charge is -2.60. The van der Waals surface area contributed by atoms with Gasteiger partial charge in [0.05, 0.1) is 0 Å². The average molecular weight is 241 g/mol. The summed E-state index contributed by atoms with van der Waals surface area (Å²) >= 11 is 0. The monoisotopic (exact) mass is 241 g/mol. The van der Waals surface area contributed by atoms with Gasteiger partial charge < -0.3 is 9.80 Å². The Hall–Kier alpha value is -0.190. The van der Waals surface area contributed by atoms with E-state index in [1.807, 2.05) is 0 Å². The minimum atomic E-state index is -0.913. The third kappa shape index (κ3) is 2.23. The Morgan fingerprint density at radius 3 is 2.06 bits per heavy atom. The van der Waals surface area contributed by atoms with Gasteiger partial charge in [0.1, 0.15) is 5.67 Å². The summed E-state index contributed by atoms with van der Waals surface area (Å²) < 4.78 is 14.6. The first kappa shape index (κ1) is 11.9. The standard InChI is InChI=1S/C13H24FN3/c1-15-5-3-13(14,4-6-15)11-17-9-12(10-17)7-16(2)8-12/h3-11H2,1-2H3. The van der Waals surface area contributed by atoms with Crippen LogP contribution in [0.1, 0.15) is 12.8 Å².